The van der Waals surface area contributed by atoms with E-state index in [0.717, 1.165) is 11.0 Å². The van der Waals surface area contributed by atoms with Crippen molar-refractivity contribution in [3.8, 4) is 0 Å². The van der Waals surface area contributed by atoms with Crippen LogP contribution in [0.25, 0.3) is 21.8 Å². The van der Waals surface area contributed by atoms with E-state index >= 15 is 0 Å². The Kier molecular flexibility index (Phi) is 15.4. The van der Waals surface area contributed by atoms with Gasteiger partial charge in [0.15, 0.2) is 0 Å². The first-order valence-corrected chi connectivity index (χ1v) is 8.32. The number of hydrogen-bond donors (Lipinski definition) is 0. The molecule has 2 aromatic heterocycles. The summed E-state index contributed by atoms with van der Waals surface area (Å²) in [5, 5.41) is 2.40. The van der Waals surface area contributed by atoms with Crippen LogP contribution in [-0.4, -0.2) is 26.7 Å². The van der Waals surface area contributed by atoms with E-state index < -0.39 is 10.8 Å². The molecule has 134 valence electrons. The van der Waals surface area contributed by atoms with Gasteiger partial charge in [-0.05, 0) is 37.1 Å². The quantitative estimate of drug-likeness (QED) is 0.248. The van der Waals surface area contributed by atoms with Crippen molar-refractivity contribution < 1.29 is 61.5 Å². The van der Waals surface area contributed by atoms with Gasteiger partial charge in [0.05, 0.1) is 11.0 Å². The number of rotatable bonds is 0. The molecule has 0 saturated carbocycles. The van der Waals surface area contributed by atoms with Gasteiger partial charge in [-0.1, -0.05) is 12.1 Å². The van der Waals surface area contributed by atoms with Crippen LogP contribution in [0.15, 0.2) is 36.7 Å². The van der Waals surface area contributed by atoms with Crippen molar-refractivity contribution >= 4 is 32.6 Å². The Hall–Kier alpha value is -0.291. The maximum Gasteiger partial charge on any atom is 3.00 e. The third kappa shape index (κ3) is 6.55. The van der Waals surface area contributed by atoms with Crippen molar-refractivity contribution in [2.75, 3.05) is 12.5 Å². The molecule has 0 radical (unpaired) electrons. The average Bonchev–Trinajstić information content (AvgIpc) is 2.44. The molecular weight excluding hydrogens is 567 g/mol. The zero-order valence-electron chi connectivity index (χ0n) is 13.6. The van der Waals surface area contributed by atoms with E-state index in [-0.39, 0.29) is 57.3 Å². The second-order valence-corrected chi connectivity index (χ2v) is 6.27. The predicted molar refractivity (Wildman–Crippen MR) is 86.5 cm³/mol. The van der Waals surface area contributed by atoms with E-state index in [1.54, 1.807) is 12.5 Å². The molecule has 0 bridgehead atoms. The summed E-state index contributed by atoms with van der Waals surface area (Å²) in [4.78, 5) is 8.90. The normalized spacial score (nSPS) is 8.88. The van der Waals surface area contributed by atoms with Gasteiger partial charge in [-0.15, -0.1) is 0 Å². The van der Waals surface area contributed by atoms with Crippen molar-refractivity contribution in [3.63, 3.8) is 0 Å². The Morgan fingerprint density at radius 1 is 0.792 bits per heavy atom. The van der Waals surface area contributed by atoms with Crippen LogP contribution < -0.4 is 37.2 Å². The zero-order chi connectivity index (χ0) is 14.7. The molecule has 0 saturated heterocycles. The molecule has 3 nitrogen and oxygen atoms in total. The Morgan fingerprint density at radius 2 is 1.08 bits per heavy atom. The fraction of sp³-hybridized carbons (Fsp3) is 0.250. The van der Waals surface area contributed by atoms with Gasteiger partial charge in [-0.25, -0.2) is 0 Å². The number of nitrogens with zero attached hydrogens (tertiary/aromatic N) is 2. The Labute approximate surface area is 177 Å². The number of halogens is 3. The van der Waals surface area contributed by atoms with Crippen LogP contribution in [0.3, 0.4) is 0 Å². The van der Waals surface area contributed by atoms with E-state index in [1.165, 1.54) is 21.9 Å². The topological polar surface area (TPSA) is 42.9 Å². The van der Waals surface area contributed by atoms with Gasteiger partial charge >= 0.3 is 20.1 Å². The van der Waals surface area contributed by atoms with Crippen molar-refractivity contribution in [1.29, 1.82) is 0 Å². The van der Waals surface area contributed by atoms with Crippen LogP contribution in [0.4, 0.5) is 0 Å². The summed E-state index contributed by atoms with van der Waals surface area (Å²) in [5.74, 6) is 0. The van der Waals surface area contributed by atoms with Crippen LogP contribution in [0.2, 0.25) is 0 Å². The van der Waals surface area contributed by atoms with Gasteiger partial charge in [0, 0.05) is 46.5 Å². The Balaban J connectivity index is -0.000000504. The van der Waals surface area contributed by atoms with Gasteiger partial charge in [-0.2, -0.15) is 0 Å². The van der Waals surface area contributed by atoms with E-state index in [1.807, 2.05) is 24.5 Å². The van der Waals surface area contributed by atoms with Crippen LogP contribution in [0.1, 0.15) is 11.1 Å². The molecule has 0 atom stereocenters. The fourth-order valence-corrected chi connectivity index (χ4v) is 2.20. The van der Waals surface area contributed by atoms with E-state index in [9.17, 15) is 4.21 Å². The van der Waals surface area contributed by atoms with Gasteiger partial charge in [-0.3, -0.25) is 14.2 Å². The third-order valence-corrected chi connectivity index (χ3v) is 3.21. The van der Waals surface area contributed by atoms with Crippen LogP contribution in [0, 0.1) is 13.8 Å². The van der Waals surface area contributed by atoms with Crippen molar-refractivity contribution in [1.82, 2.24) is 9.97 Å². The van der Waals surface area contributed by atoms with Gasteiger partial charge in [0.25, 0.3) is 0 Å². The first-order valence-electron chi connectivity index (χ1n) is 6.36. The number of hydrogen-bond acceptors (Lipinski definition) is 3. The molecule has 0 unspecified atom stereocenters. The molecule has 24 heavy (non-hydrogen) atoms. The smallest absolute Gasteiger partial charge is 1.00 e. The maximum atomic E-state index is 9.56. The summed E-state index contributed by atoms with van der Waals surface area (Å²) in [6.07, 6.45) is 6.93. The minimum absolute atomic E-state index is 0. The minimum atomic E-state index is -0.611. The van der Waals surface area contributed by atoms with E-state index in [0.29, 0.717) is 0 Å². The number of fused-ring (bicyclic) bond motifs is 3. The van der Waals surface area contributed by atoms with Gasteiger partial charge in [0.2, 0.25) is 0 Å². The number of pyridine rings is 2. The minimum Gasteiger partial charge on any atom is -1.00 e. The monoisotopic (exact) mass is 584 g/mol. The second-order valence-electron chi connectivity index (χ2n) is 4.79. The van der Waals surface area contributed by atoms with Crippen LogP contribution in [0.5, 0.6) is 0 Å². The van der Waals surface area contributed by atoms with Crippen LogP contribution in [-0.2, 0) is 30.9 Å². The van der Waals surface area contributed by atoms with E-state index in [2.05, 4.69) is 35.9 Å². The first kappa shape index (κ1) is 28.5. The standard InChI is InChI=1S/C14H12N2.C2H6OS.3ClH.Ir/c1-9-10(2)12-6-4-8-16-14(12)13-11(9)5-3-7-15-13;1-4(2)3;;;;/h3-8H,1-2H3;1-2H3;3*1H;/q;;;;;+3/p-3. The fourth-order valence-electron chi connectivity index (χ4n) is 2.20. The number of aromatic nitrogens is 2. The summed E-state index contributed by atoms with van der Waals surface area (Å²) in [6.45, 7) is 4.29. The Bertz CT molecular complexity index is 738. The van der Waals surface area contributed by atoms with Crippen molar-refractivity contribution in [3.05, 3.63) is 47.8 Å². The molecule has 3 rings (SSSR count). The molecule has 0 fully saturated rings. The second kappa shape index (κ2) is 13.0. The summed E-state index contributed by atoms with van der Waals surface area (Å²) in [6, 6.07) is 8.17. The largest absolute Gasteiger partial charge is 3.00 e. The summed E-state index contributed by atoms with van der Waals surface area (Å²) >= 11 is 0. The number of benzene rings is 1. The van der Waals surface area contributed by atoms with Crippen molar-refractivity contribution in [2.45, 2.75) is 13.8 Å². The van der Waals surface area contributed by atoms with E-state index in [4.69, 9.17) is 0 Å². The van der Waals surface area contributed by atoms with Crippen LogP contribution >= 0.6 is 0 Å². The van der Waals surface area contributed by atoms with Gasteiger partial charge < -0.3 is 37.2 Å². The average molecular weight is 585 g/mol. The maximum absolute atomic E-state index is 9.56. The zero-order valence-corrected chi connectivity index (χ0v) is 19.1. The van der Waals surface area contributed by atoms with Crippen molar-refractivity contribution in [2.24, 2.45) is 0 Å². The molecule has 0 aliphatic rings. The molecule has 0 aliphatic heterocycles. The Morgan fingerprint density at radius 3 is 1.38 bits per heavy atom. The molecule has 0 aliphatic carbocycles. The molecule has 8 heteroatoms. The molecule has 0 amide bonds. The molecule has 0 spiro atoms. The predicted octanol–water partition coefficient (Wildman–Crippen LogP) is -5.60. The molecule has 1 aromatic carbocycles. The molecule has 0 N–H and O–H groups in total. The summed E-state index contributed by atoms with van der Waals surface area (Å²) in [5.41, 5.74) is 4.59. The third-order valence-electron chi connectivity index (χ3n) is 3.21. The SMILES string of the molecule is CS(C)=O.Cc1c(C)c2cccnc2c2ncccc12.[Cl-].[Cl-].[Cl-].[Ir+3]. The number of aryl methyl sites for hydroxylation is 2. The summed E-state index contributed by atoms with van der Waals surface area (Å²) in [7, 11) is -0.611. The molecular formula is C16H18Cl3IrN2OS. The first-order chi connectivity index (χ1) is 9.52. The van der Waals surface area contributed by atoms with Gasteiger partial charge in [0.1, 0.15) is 0 Å². The summed E-state index contributed by atoms with van der Waals surface area (Å²) < 4.78 is 9.56. The molecule has 2 heterocycles. The molecule has 3 aromatic rings.